The summed E-state index contributed by atoms with van der Waals surface area (Å²) in [7, 11) is 0. The highest BCUT2D eigenvalue weighted by Gasteiger charge is 2.17. The second kappa shape index (κ2) is 5.87. The predicted octanol–water partition coefficient (Wildman–Crippen LogP) is 2.10. The molecule has 1 aromatic carbocycles. The summed E-state index contributed by atoms with van der Waals surface area (Å²) >= 11 is 0. The summed E-state index contributed by atoms with van der Waals surface area (Å²) in [5.41, 5.74) is 0.566. The lowest BCUT2D eigenvalue weighted by Crippen LogP contribution is -2.40. The van der Waals surface area contributed by atoms with Crippen LogP contribution in [-0.4, -0.2) is 28.2 Å². The highest BCUT2D eigenvalue weighted by Crippen LogP contribution is 2.26. The fraction of sp³-hybridized carbons (Fsp3) is 0.462. The summed E-state index contributed by atoms with van der Waals surface area (Å²) in [6, 6.07) is 2.45. The number of urea groups is 1. The molecular weight excluding hydrogens is 262 g/mol. The monoisotopic (exact) mass is 281 g/mol. The molecule has 110 valence electrons. The van der Waals surface area contributed by atoms with Gasteiger partial charge in [0.25, 0.3) is 5.69 Å². The van der Waals surface area contributed by atoms with Crippen molar-refractivity contribution in [2.24, 2.45) is 0 Å². The largest absolute Gasteiger partial charge is 0.389 e. The maximum atomic E-state index is 11.7. The molecule has 0 saturated carbocycles. The molecule has 0 fully saturated rings. The molecule has 20 heavy (non-hydrogen) atoms. The second-order valence-electron chi connectivity index (χ2n) is 5.33. The van der Waals surface area contributed by atoms with Gasteiger partial charge in [-0.2, -0.15) is 0 Å². The smallest absolute Gasteiger partial charge is 0.319 e. The summed E-state index contributed by atoms with van der Waals surface area (Å²) in [6.45, 7) is 6.60. The zero-order valence-corrected chi connectivity index (χ0v) is 12.0. The first-order valence-electron chi connectivity index (χ1n) is 6.13. The van der Waals surface area contributed by atoms with Crippen molar-refractivity contribution < 1.29 is 14.8 Å². The minimum atomic E-state index is -1.02. The molecule has 1 rings (SSSR count). The maximum absolute atomic E-state index is 11.7. The second-order valence-corrected chi connectivity index (χ2v) is 5.33. The highest BCUT2D eigenvalue weighted by atomic mass is 16.6. The van der Waals surface area contributed by atoms with E-state index in [0.717, 1.165) is 5.56 Å². The van der Waals surface area contributed by atoms with Crippen molar-refractivity contribution >= 4 is 17.4 Å². The molecule has 7 nitrogen and oxygen atoms in total. The van der Waals surface area contributed by atoms with Crippen molar-refractivity contribution in [2.45, 2.75) is 33.3 Å². The van der Waals surface area contributed by atoms with Gasteiger partial charge in [-0.15, -0.1) is 0 Å². The third kappa shape index (κ3) is 4.51. The van der Waals surface area contributed by atoms with E-state index in [-0.39, 0.29) is 12.2 Å². The zero-order chi connectivity index (χ0) is 15.5. The summed E-state index contributed by atoms with van der Waals surface area (Å²) in [5, 5.41) is 25.4. The Balaban J connectivity index is 2.85. The fourth-order valence-corrected chi connectivity index (χ4v) is 1.64. The first kappa shape index (κ1) is 15.9. The minimum Gasteiger partial charge on any atom is -0.389 e. The van der Waals surface area contributed by atoms with Gasteiger partial charge in [-0.25, -0.2) is 4.79 Å². The number of rotatable bonds is 4. The molecule has 0 radical (unpaired) electrons. The molecule has 2 amide bonds. The Hall–Kier alpha value is -2.15. The van der Waals surface area contributed by atoms with Crippen LogP contribution >= 0.6 is 0 Å². The van der Waals surface area contributed by atoms with Gasteiger partial charge in [0.15, 0.2) is 0 Å². The first-order chi connectivity index (χ1) is 9.10. The number of nitro benzene ring substituents is 1. The molecule has 0 aromatic heterocycles. The van der Waals surface area contributed by atoms with Crippen molar-refractivity contribution in [3.63, 3.8) is 0 Å². The van der Waals surface area contributed by atoms with Gasteiger partial charge in [0.1, 0.15) is 0 Å². The number of amides is 2. The van der Waals surface area contributed by atoms with Crippen LogP contribution in [0.5, 0.6) is 0 Å². The Kier molecular flexibility index (Phi) is 4.67. The number of hydrogen-bond acceptors (Lipinski definition) is 4. The highest BCUT2D eigenvalue weighted by molar-refractivity contribution is 5.90. The van der Waals surface area contributed by atoms with E-state index in [0.29, 0.717) is 11.3 Å². The number of nitrogens with one attached hydrogen (secondary N) is 2. The molecule has 7 heteroatoms. The van der Waals surface area contributed by atoms with Crippen LogP contribution in [0.3, 0.4) is 0 Å². The van der Waals surface area contributed by atoms with Crippen LogP contribution in [0, 0.1) is 24.0 Å². The number of aliphatic hydroxyl groups is 1. The minimum absolute atomic E-state index is 0.0478. The van der Waals surface area contributed by atoms with E-state index < -0.39 is 16.6 Å². The molecule has 0 heterocycles. The van der Waals surface area contributed by atoms with Crippen LogP contribution in [0.15, 0.2) is 12.1 Å². The molecule has 0 aliphatic rings. The average molecular weight is 281 g/mol. The van der Waals surface area contributed by atoms with Crippen LogP contribution in [0.1, 0.15) is 25.0 Å². The summed E-state index contributed by atoms with van der Waals surface area (Å²) in [5.74, 6) is 0. The Morgan fingerprint density at radius 2 is 1.95 bits per heavy atom. The number of nitrogens with zero attached hydrogens (tertiary/aromatic N) is 1. The van der Waals surface area contributed by atoms with E-state index in [9.17, 15) is 20.0 Å². The Labute approximate surface area is 117 Å². The molecule has 3 N–H and O–H groups in total. The number of carbonyl (C=O) groups excluding carboxylic acids is 1. The lowest BCUT2D eigenvalue weighted by molar-refractivity contribution is -0.385. The number of carbonyl (C=O) groups is 1. The van der Waals surface area contributed by atoms with Crippen molar-refractivity contribution in [1.29, 1.82) is 0 Å². The normalized spacial score (nSPS) is 11.1. The van der Waals surface area contributed by atoms with Gasteiger partial charge in [0.2, 0.25) is 0 Å². The van der Waals surface area contributed by atoms with Crippen LogP contribution < -0.4 is 10.6 Å². The Bertz CT molecular complexity index is 535. The third-order valence-electron chi connectivity index (χ3n) is 2.67. The molecule has 1 aromatic rings. The van der Waals surface area contributed by atoms with Gasteiger partial charge in [0, 0.05) is 18.2 Å². The number of nitro groups is 1. The van der Waals surface area contributed by atoms with Gasteiger partial charge in [-0.3, -0.25) is 10.1 Å². The lowest BCUT2D eigenvalue weighted by atomic mass is 10.1. The lowest BCUT2D eigenvalue weighted by Gasteiger charge is -2.18. The van der Waals surface area contributed by atoms with Gasteiger partial charge in [-0.05, 0) is 39.3 Å². The van der Waals surface area contributed by atoms with Gasteiger partial charge >= 0.3 is 6.03 Å². The van der Waals surface area contributed by atoms with Crippen LogP contribution in [0.2, 0.25) is 0 Å². The summed E-state index contributed by atoms with van der Waals surface area (Å²) in [4.78, 5) is 22.1. The first-order valence-corrected chi connectivity index (χ1v) is 6.13. The number of benzene rings is 1. The Morgan fingerprint density at radius 3 is 2.45 bits per heavy atom. The number of anilines is 1. The van der Waals surface area contributed by atoms with Crippen molar-refractivity contribution in [3.8, 4) is 0 Å². The number of aryl methyl sites for hydroxylation is 2. The van der Waals surface area contributed by atoms with Crippen LogP contribution in [-0.2, 0) is 0 Å². The van der Waals surface area contributed by atoms with E-state index in [1.54, 1.807) is 33.8 Å². The molecule has 0 atom stereocenters. The van der Waals surface area contributed by atoms with E-state index in [4.69, 9.17) is 0 Å². The van der Waals surface area contributed by atoms with Gasteiger partial charge < -0.3 is 15.7 Å². The van der Waals surface area contributed by atoms with Crippen molar-refractivity contribution in [1.82, 2.24) is 5.32 Å². The predicted molar refractivity (Wildman–Crippen MR) is 75.9 cm³/mol. The zero-order valence-electron chi connectivity index (χ0n) is 12.0. The quantitative estimate of drug-likeness (QED) is 0.580. The topological polar surface area (TPSA) is 105 Å². The molecular formula is C13H19N3O4. The SMILES string of the molecule is Cc1cc(C)c([N+](=O)[O-])cc1NC(=O)NCC(C)(C)O. The van der Waals surface area contributed by atoms with Crippen LogP contribution in [0.25, 0.3) is 0 Å². The van der Waals surface area contributed by atoms with E-state index in [1.165, 1.54) is 6.07 Å². The van der Waals surface area contributed by atoms with E-state index in [1.807, 2.05) is 0 Å². The standard InChI is InChI=1S/C13H19N3O4/c1-8-5-9(2)11(16(19)20)6-10(8)15-12(17)14-7-13(3,4)18/h5-6,18H,7H2,1-4H3,(H2,14,15,17). The Morgan fingerprint density at radius 1 is 1.35 bits per heavy atom. The third-order valence-corrected chi connectivity index (χ3v) is 2.67. The fourth-order valence-electron chi connectivity index (χ4n) is 1.64. The maximum Gasteiger partial charge on any atom is 0.319 e. The molecule has 0 aliphatic carbocycles. The molecule has 0 unspecified atom stereocenters. The van der Waals surface area contributed by atoms with Gasteiger partial charge in [0.05, 0.1) is 16.2 Å². The van der Waals surface area contributed by atoms with E-state index in [2.05, 4.69) is 10.6 Å². The van der Waals surface area contributed by atoms with Crippen LogP contribution in [0.4, 0.5) is 16.2 Å². The molecule has 0 bridgehead atoms. The van der Waals surface area contributed by atoms with Gasteiger partial charge in [-0.1, -0.05) is 0 Å². The van der Waals surface area contributed by atoms with E-state index >= 15 is 0 Å². The van der Waals surface area contributed by atoms with Crippen molar-refractivity contribution in [2.75, 3.05) is 11.9 Å². The summed E-state index contributed by atoms with van der Waals surface area (Å²) < 4.78 is 0. The summed E-state index contributed by atoms with van der Waals surface area (Å²) in [6.07, 6.45) is 0. The van der Waals surface area contributed by atoms with Crippen molar-refractivity contribution in [3.05, 3.63) is 33.4 Å². The molecule has 0 saturated heterocycles. The average Bonchev–Trinajstić information content (AvgIpc) is 2.28. The number of hydrogen-bond donors (Lipinski definition) is 3. The molecule has 0 aliphatic heterocycles. The molecule has 0 spiro atoms.